The van der Waals surface area contributed by atoms with Gasteiger partial charge < -0.3 is 0 Å². The first-order valence-electron chi connectivity index (χ1n) is 6.55. The van der Waals surface area contributed by atoms with E-state index in [0.29, 0.717) is 0 Å². The minimum absolute atomic E-state index is 0.231. The molecule has 0 amide bonds. The van der Waals surface area contributed by atoms with Crippen LogP contribution in [0.4, 0.5) is 0 Å². The molecule has 0 radical (unpaired) electrons. The molecule has 1 aliphatic rings. The van der Waals surface area contributed by atoms with Crippen LogP contribution in [0.2, 0.25) is 0 Å². The van der Waals surface area contributed by atoms with Gasteiger partial charge in [-0.05, 0) is 38.8 Å². The molecule has 0 spiro atoms. The maximum Gasteiger partial charge on any atom is -0.0126 e. The molecule has 0 saturated carbocycles. The van der Waals surface area contributed by atoms with Gasteiger partial charge in [-0.1, -0.05) is 65.8 Å². The van der Waals surface area contributed by atoms with Crippen LogP contribution in [0.3, 0.4) is 0 Å². The highest BCUT2D eigenvalue weighted by Crippen LogP contribution is 2.23. The lowest BCUT2D eigenvalue weighted by atomic mass is 9.80. The summed E-state index contributed by atoms with van der Waals surface area (Å²) in [5.41, 5.74) is 3.42. The Morgan fingerprint density at radius 3 is 1.35 bits per heavy atom. The molecular formula is C17H24. The lowest BCUT2D eigenvalue weighted by molar-refractivity contribution is 0.570. The second-order valence-electron chi connectivity index (χ2n) is 7.13. The number of fused-ring (bicyclic) bond motifs is 1. The van der Waals surface area contributed by atoms with E-state index in [1.807, 2.05) is 0 Å². The van der Waals surface area contributed by atoms with E-state index in [1.54, 1.807) is 0 Å². The zero-order chi connectivity index (χ0) is 12.8. The molecule has 1 aromatic rings. The van der Waals surface area contributed by atoms with Crippen LogP contribution in [-0.2, 0) is 10.8 Å². The van der Waals surface area contributed by atoms with Gasteiger partial charge in [0.15, 0.2) is 0 Å². The molecule has 0 nitrogen and oxygen atoms in total. The normalized spacial score (nSPS) is 15.2. The maximum atomic E-state index is 2.38. The molecule has 0 fully saturated rings. The molecule has 1 aromatic carbocycles. The summed E-state index contributed by atoms with van der Waals surface area (Å²) in [5.74, 6) is 0. The molecule has 0 unspecified atom stereocenters. The lowest BCUT2D eigenvalue weighted by Crippen LogP contribution is -2.38. The van der Waals surface area contributed by atoms with Gasteiger partial charge in [-0.2, -0.15) is 0 Å². The zero-order valence-electron chi connectivity index (χ0n) is 12.0. The highest BCUT2D eigenvalue weighted by molar-refractivity contribution is 5.53. The van der Waals surface area contributed by atoms with Crippen LogP contribution >= 0.6 is 0 Å². The van der Waals surface area contributed by atoms with Gasteiger partial charge in [0, 0.05) is 0 Å². The monoisotopic (exact) mass is 228 g/mol. The largest absolute Gasteiger partial charge is 0.0725 e. The van der Waals surface area contributed by atoms with Crippen molar-refractivity contribution in [1.82, 2.24) is 0 Å². The van der Waals surface area contributed by atoms with Gasteiger partial charge in [-0.15, -0.1) is 0 Å². The van der Waals surface area contributed by atoms with E-state index in [0.717, 1.165) is 6.42 Å². The topological polar surface area (TPSA) is 0 Å². The summed E-state index contributed by atoms with van der Waals surface area (Å²) in [6.07, 6.45) is 5.85. The summed E-state index contributed by atoms with van der Waals surface area (Å²) < 4.78 is 0. The summed E-state index contributed by atoms with van der Waals surface area (Å²) >= 11 is 0. The van der Waals surface area contributed by atoms with Crippen LogP contribution in [0.15, 0.2) is 12.1 Å². The average Bonchev–Trinajstić information content (AvgIpc) is 2.60. The van der Waals surface area contributed by atoms with Gasteiger partial charge in [0.2, 0.25) is 0 Å². The first-order chi connectivity index (χ1) is 7.71. The van der Waals surface area contributed by atoms with E-state index in [1.165, 1.54) is 21.6 Å². The molecule has 0 atom stereocenters. The Morgan fingerprint density at radius 1 is 0.706 bits per heavy atom. The summed E-state index contributed by atoms with van der Waals surface area (Å²) in [6, 6.07) is 4.66. The fraction of sp³-hybridized carbons (Fsp3) is 0.529. The third-order valence-electron chi connectivity index (χ3n) is 3.55. The Labute approximate surface area is 105 Å². The maximum absolute atomic E-state index is 2.38. The standard InChI is InChI=1S/C17H24/c1-16(2,3)14-10-11-15(17(4,5)6)13-9-7-8-12(13)14/h8-11H,7H2,1-6H3. The molecule has 2 rings (SSSR count). The van der Waals surface area contributed by atoms with Crippen LogP contribution in [0.5, 0.6) is 0 Å². The van der Waals surface area contributed by atoms with Crippen LogP contribution in [-0.4, -0.2) is 0 Å². The first-order valence-corrected chi connectivity index (χ1v) is 6.55. The Kier molecular flexibility index (Phi) is 2.72. The minimum Gasteiger partial charge on any atom is -0.0725 e. The molecule has 1 aliphatic carbocycles. The van der Waals surface area contributed by atoms with Crippen LogP contribution in [0, 0.1) is 0 Å². The molecule has 0 bridgehead atoms. The van der Waals surface area contributed by atoms with Crippen molar-refractivity contribution in [2.45, 2.75) is 58.8 Å². The van der Waals surface area contributed by atoms with Crippen molar-refractivity contribution in [2.75, 3.05) is 0 Å². The Balaban J connectivity index is 2.78. The molecule has 0 saturated heterocycles. The molecule has 0 heteroatoms. The Hall–Kier alpha value is -1.04. The number of hydrogen-bond acceptors (Lipinski definition) is 0. The number of rotatable bonds is 0. The van der Waals surface area contributed by atoms with Crippen molar-refractivity contribution in [3.05, 3.63) is 33.7 Å². The van der Waals surface area contributed by atoms with E-state index in [9.17, 15) is 0 Å². The lowest BCUT2D eigenvalue weighted by Gasteiger charge is -2.24. The van der Waals surface area contributed by atoms with E-state index < -0.39 is 0 Å². The smallest absolute Gasteiger partial charge is 0.0126 e. The second-order valence-corrected chi connectivity index (χ2v) is 7.13. The average molecular weight is 228 g/mol. The molecular weight excluding hydrogens is 204 g/mol. The van der Waals surface area contributed by atoms with Crippen LogP contribution in [0.25, 0.3) is 12.2 Å². The summed E-state index contributed by atoms with van der Waals surface area (Å²) in [5, 5.41) is 2.95. The first kappa shape index (κ1) is 12.4. The Morgan fingerprint density at radius 2 is 1.06 bits per heavy atom. The van der Waals surface area contributed by atoms with Crippen molar-refractivity contribution in [3.8, 4) is 0 Å². The fourth-order valence-corrected chi connectivity index (χ4v) is 2.68. The van der Waals surface area contributed by atoms with Crippen molar-refractivity contribution in [3.63, 3.8) is 0 Å². The molecule has 0 N–H and O–H groups in total. The highest BCUT2D eigenvalue weighted by atomic mass is 14.3. The van der Waals surface area contributed by atoms with E-state index in [4.69, 9.17) is 0 Å². The Bertz CT molecular complexity index is 494. The molecule has 0 aromatic heterocycles. The number of benzene rings is 1. The third-order valence-corrected chi connectivity index (χ3v) is 3.55. The van der Waals surface area contributed by atoms with Gasteiger partial charge in [0.1, 0.15) is 0 Å². The van der Waals surface area contributed by atoms with Crippen LogP contribution < -0.4 is 10.4 Å². The summed E-state index contributed by atoms with van der Waals surface area (Å²) in [7, 11) is 0. The van der Waals surface area contributed by atoms with Crippen molar-refractivity contribution in [1.29, 1.82) is 0 Å². The van der Waals surface area contributed by atoms with E-state index >= 15 is 0 Å². The van der Waals surface area contributed by atoms with Gasteiger partial charge >= 0.3 is 0 Å². The van der Waals surface area contributed by atoms with E-state index in [2.05, 4.69) is 65.8 Å². The summed E-state index contributed by atoms with van der Waals surface area (Å²) in [6.45, 7) is 13.8. The molecule has 0 aliphatic heterocycles. The molecule has 17 heavy (non-hydrogen) atoms. The minimum atomic E-state index is 0.231. The van der Waals surface area contributed by atoms with Crippen LogP contribution in [0.1, 0.15) is 59.1 Å². The predicted molar refractivity (Wildman–Crippen MR) is 76.6 cm³/mol. The SMILES string of the molecule is CC(C)(C)c1ccc(C(C)(C)C)c2c1=CCC=2. The summed E-state index contributed by atoms with van der Waals surface area (Å²) in [4.78, 5) is 0. The van der Waals surface area contributed by atoms with Crippen molar-refractivity contribution >= 4 is 12.2 Å². The molecule has 0 heterocycles. The van der Waals surface area contributed by atoms with Gasteiger partial charge in [-0.25, -0.2) is 0 Å². The quantitative estimate of drug-likeness (QED) is 0.639. The second kappa shape index (κ2) is 3.73. The van der Waals surface area contributed by atoms with Crippen molar-refractivity contribution in [2.24, 2.45) is 0 Å². The van der Waals surface area contributed by atoms with Crippen molar-refractivity contribution < 1.29 is 0 Å². The third kappa shape index (κ3) is 2.18. The molecule has 92 valence electrons. The van der Waals surface area contributed by atoms with Gasteiger partial charge in [-0.3, -0.25) is 0 Å². The van der Waals surface area contributed by atoms with Gasteiger partial charge in [0.05, 0.1) is 0 Å². The van der Waals surface area contributed by atoms with Gasteiger partial charge in [0.25, 0.3) is 0 Å². The highest BCUT2D eigenvalue weighted by Gasteiger charge is 2.21. The number of hydrogen-bond donors (Lipinski definition) is 0. The zero-order valence-corrected chi connectivity index (χ0v) is 12.0. The fourth-order valence-electron chi connectivity index (χ4n) is 2.68. The van der Waals surface area contributed by atoms with E-state index in [-0.39, 0.29) is 10.8 Å². The predicted octanol–water partition coefficient (Wildman–Crippen LogP) is 3.25.